The normalized spacial score (nSPS) is 29.4. The van der Waals surface area contributed by atoms with E-state index in [0.29, 0.717) is 0 Å². The molecule has 0 radical (unpaired) electrons. The molecule has 1 aliphatic rings. The maximum absolute atomic E-state index is 14.9. The van der Waals surface area contributed by atoms with Crippen molar-refractivity contribution in [3.8, 4) is 0 Å². The highest BCUT2D eigenvalue weighted by atomic mass is 19.4. The van der Waals surface area contributed by atoms with Crippen LogP contribution in [0.2, 0.25) is 0 Å². The van der Waals surface area contributed by atoms with Gasteiger partial charge in [0, 0.05) is 0 Å². The van der Waals surface area contributed by atoms with Crippen molar-refractivity contribution in [3.63, 3.8) is 0 Å². The van der Waals surface area contributed by atoms with Gasteiger partial charge in [0.2, 0.25) is 5.95 Å². The van der Waals surface area contributed by atoms with Gasteiger partial charge in [-0.05, 0) is 6.92 Å². The fourth-order valence-electron chi connectivity index (χ4n) is 2.78. The van der Waals surface area contributed by atoms with E-state index >= 15 is 0 Å². The second kappa shape index (κ2) is 6.17. The Kier molecular flexibility index (Phi) is 4.40. The minimum atomic E-state index is -4.50. The zero-order valence-corrected chi connectivity index (χ0v) is 13.4. The van der Waals surface area contributed by atoms with E-state index in [0.717, 1.165) is 17.8 Å². The van der Waals surface area contributed by atoms with Crippen molar-refractivity contribution >= 4 is 22.9 Å². The Hall–Kier alpha value is -2.25. The van der Waals surface area contributed by atoms with Gasteiger partial charge in [-0.2, -0.15) is 23.1 Å². The zero-order valence-electron chi connectivity index (χ0n) is 13.4. The van der Waals surface area contributed by atoms with E-state index in [1.54, 1.807) is 0 Å². The van der Waals surface area contributed by atoms with E-state index in [2.05, 4.69) is 20.3 Å². The summed E-state index contributed by atoms with van der Waals surface area (Å²) in [4.78, 5) is 11.5. The van der Waals surface area contributed by atoms with E-state index in [9.17, 15) is 27.8 Å². The van der Waals surface area contributed by atoms with Crippen LogP contribution in [0, 0.1) is 0 Å². The predicted molar refractivity (Wildman–Crippen MR) is 80.8 cm³/mol. The minimum Gasteiger partial charge on any atom is -0.394 e. The van der Waals surface area contributed by atoms with Crippen LogP contribution in [0.5, 0.6) is 0 Å². The average molecular weight is 380 g/mol. The van der Waals surface area contributed by atoms with Crippen LogP contribution in [0.25, 0.3) is 11.2 Å². The van der Waals surface area contributed by atoms with Crippen molar-refractivity contribution in [2.24, 2.45) is 0 Å². The summed E-state index contributed by atoms with van der Waals surface area (Å²) in [7, 11) is 0. The van der Waals surface area contributed by atoms with Crippen molar-refractivity contribution in [2.75, 3.05) is 24.2 Å². The number of fused-ring (bicyclic) bond motifs is 1. The summed E-state index contributed by atoms with van der Waals surface area (Å²) < 4.78 is 58.7. The molecule has 3 rings (SSSR count). The molecule has 0 unspecified atom stereocenters. The second-order valence-corrected chi connectivity index (χ2v) is 6.03. The monoisotopic (exact) mass is 380 g/mol. The molecule has 144 valence electrons. The molecule has 3 heterocycles. The lowest BCUT2D eigenvalue weighted by atomic mass is 9.98. The number of aromatic nitrogens is 4. The highest BCUT2D eigenvalue weighted by Crippen LogP contribution is 2.42. The third-order valence-corrected chi connectivity index (χ3v) is 4.04. The van der Waals surface area contributed by atoms with Gasteiger partial charge in [-0.3, -0.25) is 4.57 Å². The molecule has 1 fully saturated rings. The van der Waals surface area contributed by atoms with Crippen LogP contribution in [-0.2, 0) is 4.74 Å². The van der Waals surface area contributed by atoms with Crippen molar-refractivity contribution in [2.45, 2.75) is 37.2 Å². The maximum atomic E-state index is 14.9. The number of imidazole rings is 1. The first-order valence-corrected chi connectivity index (χ1v) is 7.48. The Labute approximate surface area is 143 Å². The quantitative estimate of drug-likeness (QED) is 0.559. The van der Waals surface area contributed by atoms with Crippen LogP contribution in [0.1, 0.15) is 13.2 Å². The Morgan fingerprint density at radius 2 is 2.12 bits per heavy atom. The summed E-state index contributed by atoms with van der Waals surface area (Å²) in [6.07, 6.45) is -7.65. The number of nitrogens with two attached hydrogens (primary N) is 1. The average Bonchev–Trinajstić information content (AvgIpc) is 3.04. The Morgan fingerprint density at radius 3 is 2.69 bits per heavy atom. The molecule has 1 saturated heterocycles. The standard InChI is InChI=1S/C13H16F4N6O3/c1-12(14)7(25)5(2-24)26-10(12)23-4-20-6-8(19-3-13(15,16)17)21-11(18)22-9(6)23/h4-5,7,10,24-25H,2-3H2,1H3,(H3,18,19,21,22)/t5-,7-,10-,12-/m1/s1. The number of alkyl halides is 4. The largest absolute Gasteiger partial charge is 0.405 e. The number of hydrogen-bond donors (Lipinski definition) is 4. The first kappa shape index (κ1) is 18.5. The molecule has 13 heteroatoms. The number of aliphatic hydroxyl groups is 2. The number of rotatable bonds is 4. The fourth-order valence-corrected chi connectivity index (χ4v) is 2.78. The Morgan fingerprint density at radius 1 is 1.42 bits per heavy atom. The lowest BCUT2D eigenvalue weighted by Gasteiger charge is -2.24. The van der Waals surface area contributed by atoms with Crippen LogP contribution in [0.4, 0.5) is 29.3 Å². The van der Waals surface area contributed by atoms with E-state index in [4.69, 9.17) is 10.5 Å². The van der Waals surface area contributed by atoms with Gasteiger partial charge < -0.3 is 26.0 Å². The molecule has 1 aliphatic heterocycles. The molecule has 2 aromatic heterocycles. The van der Waals surface area contributed by atoms with Gasteiger partial charge >= 0.3 is 6.18 Å². The van der Waals surface area contributed by atoms with Crippen LogP contribution in [0.15, 0.2) is 6.33 Å². The van der Waals surface area contributed by atoms with E-state index in [1.807, 2.05) is 0 Å². The molecule has 5 N–H and O–H groups in total. The third kappa shape index (κ3) is 3.12. The van der Waals surface area contributed by atoms with Crippen molar-refractivity contribution in [1.29, 1.82) is 0 Å². The molecule has 0 aromatic carbocycles. The first-order valence-electron chi connectivity index (χ1n) is 7.48. The molecule has 0 amide bonds. The van der Waals surface area contributed by atoms with Gasteiger partial charge in [0.25, 0.3) is 0 Å². The number of anilines is 2. The zero-order chi connectivity index (χ0) is 19.3. The molecular formula is C13H16F4N6O3. The fraction of sp³-hybridized carbons (Fsp3) is 0.615. The number of nitrogens with one attached hydrogen (secondary N) is 1. The van der Waals surface area contributed by atoms with Crippen molar-refractivity contribution in [1.82, 2.24) is 19.5 Å². The lowest BCUT2D eigenvalue weighted by Crippen LogP contribution is -2.40. The number of halogens is 4. The van der Waals surface area contributed by atoms with Gasteiger partial charge in [0.05, 0.1) is 12.9 Å². The molecule has 4 atom stereocenters. The number of aliphatic hydroxyl groups excluding tert-OH is 2. The number of hydrogen-bond acceptors (Lipinski definition) is 8. The molecule has 26 heavy (non-hydrogen) atoms. The highest BCUT2D eigenvalue weighted by molar-refractivity contribution is 5.84. The van der Waals surface area contributed by atoms with Gasteiger partial charge in [0.1, 0.15) is 18.8 Å². The van der Waals surface area contributed by atoms with Crippen molar-refractivity contribution in [3.05, 3.63) is 6.33 Å². The van der Waals surface area contributed by atoms with Gasteiger partial charge in [-0.1, -0.05) is 0 Å². The van der Waals surface area contributed by atoms with Crippen molar-refractivity contribution < 1.29 is 32.5 Å². The minimum absolute atomic E-state index is 0.0789. The highest BCUT2D eigenvalue weighted by Gasteiger charge is 2.55. The van der Waals surface area contributed by atoms with E-state index in [1.165, 1.54) is 0 Å². The molecular weight excluding hydrogens is 364 g/mol. The number of nitrogens with zero attached hydrogens (tertiary/aromatic N) is 4. The summed E-state index contributed by atoms with van der Waals surface area (Å²) in [6, 6.07) is 0. The molecule has 0 saturated carbocycles. The molecule has 0 bridgehead atoms. The summed E-state index contributed by atoms with van der Waals surface area (Å²) >= 11 is 0. The first-order chi connectivity index (χ1) is 12.0. The van der Waals surface area contributed by atoms with Crippen LogP contribution >= 0.6 is 0 Å². The molecule has 2 aromatic rings. The Bertz CT molecular complexity index is 811. The Balaban J connectivity index is 2.02. The third-order valence-electron chi connectivity index (χ3n) is 4.04. The summed E-state index contributed by atoms with van der Waals surface area (Å²) in [6.45, 7) is -0.937. The molecule has 0 aliphatic carbocycles. The second-order valence-electron chi connectivity index (χ2n) is 6.03. The summed E-state index contributed by atoms with van der Waals surface area (Å²) in [5, 5.41) is 21.2. The smallest absolute Gasteiger partial charge is 0.394 e. The molecule has 0 spiro atoms. The lowest BCUT2D eigenvalue weighted by molar-refractivity contribution is -0.115. The van der Waals surface area contributed by atoms with Crippen LogP contribution in [0.3, 0.4) is 0 Å². The van der Waals surface area contributed by atoms with Gasteiger partial charge in [-0.25, -0.2) is 9.37 Å². The number of nitrogen functional groups attached to an aromatic ring is 1. The van der Waals surface area contributed by atoms with Gasteiger partial charge in [-0.15, -0.1) is 0 Å². The van der Waals surface area contributed by atoms with E-state index < -0.39 is 43.4 Å². The molecule has 9 nitrogen and oxygen atoms in total. The van der Waals surface area contributed by atoms with Crippen LogP contribution in [-0.4, -0.2) is 66.9 Å². The summed E-state index contributed by atoms with van der Waals surface area (Å²) in [5.41, 5.74) is 3.05. The van der Waals surface area contributed by atoms with Gasteiger partial charge in [0.15, 0.2) is 28.9 Å². The van der Waals surface area contributed by atoms with Crippen LogP contribution < -0.4 is 11.1 Å². The predicted octanol–water partition coefficient (Wildman–Crippen LogP) is 0.361. The van der Waals surface area contributed by atoms with E-state index in [-0.39, 0.29) is 22.9 Å². The maximum Gasteiger partial charge on any atom is 0.405 e. The number of ether oxygens (including phenoxy) is 1. The summed E-state index contributed by atoms with van der Waals surface area (Å²) in [5.74, 6) is -0.636. The SMILES string of the molecule is C[C@@]1(F)[C@H](O)[C@@H](CO)O[C@H]1n1cnc2c(NCC(F)(F)F)nc(N)nc21. The topological polar surface area (TPSA) is 131 Å².